The highest BCUT2D eigenvalue weighted by molar-refractivity contribution is 5.86. The molecule has 2 aromatic rings. The van der Waals surface area contributed by atoms with Crippen LogP contribution >= 0.6 is 0 Å². The minimum Gasteiger partial charge on any atom is -0.475 e. The summed E-state index contributed by atoms with van der Waals surface area (Å²) >= 11 is 0. The van der Waals surface area contributed by atoms with E-state index in [-0.39, 0.29) is 12.4 Å². The molecule has 0 fully saturated rings. The van der Waals surface area contributed by atoms with E-state index in [2.05, 4.69) is 5.32 Å². The monoisotopic (exact) mass is 261 g/mol. The molecule has 100 valence electrons. The third kappa shape index (κ3) is 3.43. The number of nitrogens with one attached hydrogen (secondary N) is 1. The lowest BCUT2D eigenvalue weighted by molar-refractivity contribution is 0.0660. The lowest BCUT2D eigenvalue weighted by Crippen LogP contribution is -2.14. The second-order valence-corrected chi connectivity index (χ2v) is 4.16. The van der Waals surface area contributed by atoms with E-state index in [4.69, 9.17) is 14.6 Å². The zero-order chi connectivity index (χ0) is 13.7. The minimum atomic E-state index is -1.06. The molecular weight excluding hydrogens is 246 g/mol. The highest BCUT2D eigenvalue weighted by Crippen LogP contribution is 2.10. The van der Waals surface area contributed by atoms with E-state index >= 15 is 0 Å². The molecule has 0 spiro atoms. The number of aliphatic hydroxyl groups is 1. The number of carboxylic acids is 1. The third-order valence-corrected chi connectivity index (χ3v) is 2.79. The molecule has 0 bridgehead atoms. The summed E-state index contributed by atoms with van der Waals surface area (Å²) in [4.78, 5) is 10.8. The van der Waals surface area contributed by atoms with E-state index < -0.39 is 5.97 Å². The first-order valence-corrected chi connectivity index (χ1v) is 5.89. The fourth-order valence-electron chi connectivity index (χ4n) is 1.77. The summed E-state index contributed by atoms with van der Waals surface area (Å²) in [5, 5.41) is 21.0. The second-order valence-electron chi connectivity index (χ2n) is 4.16. The first-order valence-electron chi connectivity index (χ1n) is 5.89. The van der Waals surface area contributed by atoms with E-state index in [9.17, 15) is 4.79 Å². The number of benzene rings is 1. The van der Waals surface area contributed by atoms with E-state index in [0.29, 0.717) is 18.7 Å². The third-order valence-electron chi connectivity index (χ3n) is 2.79. The van der Waals surface area contributed by atoms with Crippen molar-refractivity contribution in [1.29, 1.82) is 0 Å². The molecule has 0 aliphatic heterocycles. The van der Waals surface area contributed by atoms with E-state index in [0.717, 1.165) is 11.1 Å². The van der Waals surface area contributed by atoms with Crippen molar-refractivity contribution in [2.75, 3.05) is 0 Å². The zero-order valence-electron chi connectivity index (χ0n) is 10.3. The van der Waals surface area contributed by atoms with Crippen molar-refractivity contribution >= 4 is 5.97 Å². The molecule has 0 unspecified atom stereocenters. The maximum absolute atomic E-state index is 10.8. The topological polar surface area (TPSA) is 82.7 Å². The Bertz CT molecular complexity index is 545. The molecule has 0 saturated heterocycles. The first kappa shape index (κ1) is 13.3. The van der Waals surface area contributed by atoms with Gasteiger partial charge in [-0.15, -0.1) is 0 Å². The van der Waals surface area contributed by atoms with Crippen molar-refractivity contribution in [3.63, 3.8) is 0 Å². The van der Waals surface area contributed by atoms with Gasteiger partial charge < -0.3 is 19.9 Å². The van der Waals surface area contributed by atoms with Gasteiger partial charge in [-0.05, 0) is 17.2 Å². The Morgan fingerprint density at radius 1 is 1.11 bits per heavy atom. The molecule has 2 rings (SSSR count). The molecule has 1 aromatic carbocycles. The SMILES string of the molecule is O=C(O)c1occc1CNCc1ccc(CO)cc1. The zero-order valence-corrected chi connectivity index (χ0v) is 10.3. The van der Waals surface area contributed by atoms with Gasteiger partial charge in [0.25, 0.3) is 0 Å². The number of carboxylic acid groups (broad SMARTS) is 1. The quantitative estimate of drug-likeness (QED) is 0.738. The van der Waals surface area contributed by atoms with Gasteiger partial charge in [-0.2, -0.15) is 0 Å². The summed E-state index contributed by atoms with van der Waals surface area (Å²) in [6.45, 7) is 1.08. The van der Waals surface area contributed by atoms with Gasteiger partial charge >= 0.3 is 5.97 Å². The van der Waals surface area contributed by atoms with Crippen molar-refractivity contribution in [3.05, 3.63) is 59.0 Å². The Labute approximate surface area is 110 Å². The van der Waals surface area contributed by atoms with E-state index in [1.807, 2.05) is 24.3 Å². The van der Waals surface area contributed by atoms with Gasteiger partial charge in [0.05, 0.1) is 12.9 Å². The lowest BCUT2D eigenvalue weighted by atomic mass is 10.1. The van der Waals surface area contributed by atoms with Gasteiger partial charge in [0.1, 0.15) is 0 Å². The van der Waals surface area contributed by atoms with Crippen LogP contribution in [-0.2, 0) is 19.7 Å². The standard InChI is InChI=1S/C14H15NO4/c16-9-11-3-1-10(2-4-11)7-15-8-12-5-6-19-13(12)14(17)18/h1-6,15-16H,7-9H2,(H,17,18). The van der Waals surface area contributed by atoms with Crippen LogP contribution in [0, 0.1) is 0 Å². The molecule has 1 heterocycles. The Hall–Kier alpha value is -2.11. The molecule has 0 amide bonds. The molecule has 3 N–H and O–H groups in total. The van der Waals surface area contributed by atoms with Crippen LogP contribution in [0.1, 0.15) is 27.2 Å². The molecule has 0 radical (unpaired) electrons. The van der Waals surface area contributed by atoms with Gasteiger partial charge in [-0.3, -0.25) is 0 Å². The Kier molecular flexibility index (Phi) is 4.33. The van der Waals surface area contributed by atoms with Crippen LogP contribution in [0.2, 0.25) is 0 Å². The average Bonchev–Trinajstić information content (AvgIpc) is 2.88. The van der Waals surface area contributed by atoms with Gasteiger partial charge in [-0.1, -0.05) is 24.3 Å². The van der Waals surface area contributed by atoms with Crippen LogP contribution in [0.15, 0.2) is 41.0 Å². The number of hydrogen-bond acceptors (Lipinski definition) is 4. The van der Waals surface area contributed by atoms with E-state index in [1.54, 1.807) is 6.07 Å². The van der Waals surface area contributed by atoms with Crippen LogP contribution in [0.25, 0.3) is 0 Å². The number of rotatable bonds is 6. The normalized spacial score (nSPS) is 10.6. The summed E-state index contributed by atoms with van der Waals surface area (Å²) in [6.07, 6.45) is 1.37. The maximum Gasteiger partial charge on any atom is 0.372 e. The summed E-state index contributed by atoms with van der Waals surface area (Å²) in [5.41, 5.74) is 2.56. The summed E-state index contributed by atoms with van der Waals surface area (Å²) in [7, 11) is 0. The second kappa shape index (κ2) is 6.17. The fourth-order valence-corrected chi connectivity index (χ4v) is 1.77. The van der Waals surface area contributed by atoms with Gasteiger partial charge in [-0.25, -0.2) is 4.79 Å². The Balaban J connectivity index is 1.89. The molecule has 0 saturated carbocycles. The van der Waals surface area contributed by atoms with Gasteiger partial charge in [0.2, 0.25) is 5.76 Å². The number of aromatic carboxylic acids is 1. The number of carbonyl (C=O) groups is 1. The van der Waals surface area contributed by atoms with Crippen LogP contribution in [0.5, 0.6) is 0 Å². The summed E-state index contributed by atoms with van der Waals surface area (Å²) in [6, 6.07) is 9.21. The largest absolute Gasteiger partial charge is 0.475 e. The molecule has 0 aliphatic carbocycles. The van der Waals surface area contributed by atoms with Crippen LogP contribution in [0.4, 0.5) is 0 Å². The average molecular weight is 261 g/mol. The van der Waals surface area contributed by atoms with Crippen molar-refractivity contribution in [2.45, 2.75) is 19.7 Å². The molecule has 0 atom stereocenters. The van der Waals surface area contributed by atoms with Crippen LogP contribution in [0.3, 0.4) is 0 Å². The molecular formula is C14H15NO4. The van der Waals surface area contributed by atoms with Crippen molar-refractivity contribution in [2.24, 2.45) is 0 Å². The van der Waals surface area contributed by atoms with Crippen molar-refractivity contribution in [1.82, 2.24) is 5.32 Å². The number of hydrogen-bond donors (Lipinski definition) is 3. The summed E-state index contributed by atoms with van der Waals surface area (Å²) < 4.78 is 4.89. The predicted octanol–water partition coefficient (Wildman–Crippen LogP) is 1.76. The number of aliphatic hydroxyl groups excluding tert-OH is 1. The van der Waals surface area contributed by atoms with Crippen molar-refractivity contribution in [3.8, 4) is 0 Å². The summed E-state index contributed by atoms with van der Waals surface area (Å²) in [5.74, 6) is -1.09. The highest BCUT2D eigenvalue weighted by Gasteiger charge is 2.12. The van der Waals surface area contributed by atoms with Gasteiger partial charge in [0.15, 0.2) is 0 Å². The Morgan fingerprint density at radius 3 is 2.42 bits per heavy atom. The molecule has 1 aromatic heterocycles. The minimum absolute atomic E-state index is 0.0249. The van der Waals surface area contributed by atoms with Crippen LogP contribution in [-0.4, -0.2) is 16.2 Å². The van der Waals surface area contributed by atoms with Crippen molar-refractivity contribution < 1.29 is 19.4 Å². The molecule has 5 nitrogen and oxygen atoms in total. The smallest absolute Gasteiger partial charge is 0.372 e. The number of furan rings is 1. The maximum atomic E-state index is 10.8. The van der Waals surface area contributed by atoms with Crippen LogP contribution < -0.4 is 5.32 Å². The lowest BCUT2D eigenvalue weighted by Gasteiger charge is -2.05. The van der Waals surface area contributed by atoms with E-state index in [1.165, 1.54) is 6.26 Å². The van der Waals surface area contributed by atoms with Gasteiger partial charge in [0, 0.05) is 18.7 Å². The molecule has 19 heavy (non-hydrogen) atoms. The Morgan fingerprint density at radius 2 is 1.79 bits per heavy atom. The first-order chi connectivity index (χ1) is 9.20. The predicted molar refractivity (Wildman–Crippen MR) is 68.6 cm³/mol. The fraction of sp³-hybridized carbons (Fsp3) is 0.214. The highest BCUT2D eigenvalue weighted by atomic mass is 16.4. The molecule has 5 heteroatoms. The molecule has 0 aliphatic rings.